The van der Waals surface area contributed by atoms with E-state index in [1.807, 2.05) is 6.92 Å². The number of hydrogen-bond donors (Lipinski definition) is 3. The van der Waals surface area contributed by atoms with Crippen molar-refractivity contribution in [3.63, 3.8) is 0 Å². The second-order valence-electron chi connectivity index (χ2n) is 7.34. The molecule has 3 nitrogen and oxygen atoms in total. The summed E-state index contributed by atoms with van der Waals surface area (Å²) in [5, 5.41) is 29.9. The van der Waals surface area contributed by atoms with Crippen LogP contribution in [-0.2, 0) is 0 Å². The molecule has 0 aliphatic rings. The Kier molecular flexibility index (Phi) is 11.5. The Morgan fingerprint density at radius 1 is 0.880 bits per heavy atom. The van der Waals surface area contributed by atoms with Crippen molar-refractivity contribution in [3.05, 3.63) is 12.7 Å². The van der Waals surface area contributed by atoms with E-state index in [-0.39, 0.29) is 12.3 Å². The van der Waals surface area contributed by atoms with Crippen LogP contribution < -0.4 is 0 Å². The van der Waals surface area contributed by atoms with Crippen LogP contribution in [-0.4, -0.2) is 33.6 Å². The molecule has 0 amide bonds. The second kappa shape index (κ2) is 12.2. The molecule has 8 atom stereocenters. The van der Waals surface area contributed by atoms with Crippen LogP contribution in [0.25, 0.3) is 0 Å². The summed E-state index contributed by atoms with van der Waals surface area (Å²) in [6, 6.07) is 0. The predicted octanol–water partition coefficient (Wildman–Crippen LogP) is 3.24. The normalized spacial score (nSPS) is 20.4. The zero-order valence-electron chi connectivity index (χ0n) is 16.7. The van der Waals surface area contributed by atoms with Gasteiger partial charge in [-0.05, 0) is 41.4 Å². The van der Waals surface area contributed by atoms with Crippen molar-refractivity contribution in [2.75, 3.05) is 0 Å². The molecule has 0 aromatic rings. The molecule has 0 spiro atoms. The van der Waals surface area contributed by atoms with Crippen molar-refractivity contribution in [1.29, 1.82) is 0 Å². The van der Waals surface area contributed by atoms with Crippen LogP contribution in [0.3, 0.4) is 0 Å². The quantitative estimate of drug-likeness (QED) is 0.443. The Bertz CT molecular complexity index is 505. The number of aliphatic hydroxyl groups is 3. The fourth-order valence-electron chi connectivity index (χ4n) is 3.00. The van der Waals surface area contributed by atoms with Gasteiger partial charge in [-0.2, -0.15) is 0 Å². The molecule has 3 heteroatoms. The van der Waals surface area contributed by atoms with Gasteiger partial charge in [-0.25, -0.2) is 0 Å². The fraction of sp³-hybridized carbons (Fsp3) is 0.727. The molecule has 142 valence electrons. The third-order valence-corrected chi connectivity index (χ3v) is 5.87. The van der Waals surface area contributed by atoms with E-state index in [4.69, 9.17) is 0 Å². The summed E-state index contributed by atoms with van der Waals surface area (Å²) in [7, 11) is 0. The van der Waals surface area contributed by atoms with Crippen LogP contribution in [0.15, 0.2) is 12.7 Å². The van der Waals surface area contributed by atoms with Crippen LogP contribution in [0.5, 0.6) is 0 Å². The lowest BCUT2D eigenvalue weighted by Crippen LogP contribution is -2.38. The maximum atomic E-state index is 10.5. The third kappa shape index (κ3) is 8.10. The first-order valence-electron chi connectivity index (χ1n) is 9.32. The van der Waals surface area contributed by atoms with Gasteiger partial charge in [-0.15, -0.1) is 0 Å². The van der Waals surface area contributed by atoms with Crippen LogP contribution in [0, 0.1) is 53.3 Å². The fourth-order valence-corrected chi connectivity index (χ4v) is 3.00. The average molecular weight is 349 g/mol. The summed E-state index contributed by atoms with van der Waals surface area (Å²) >= 11 is 0. The molecule has 0 aromatic heterocycles. The molecule has 0 heterocycles. The van der Waals surface area contributed by atoms with Gasteiger partial charge in [0.2, 0.25) is 0 Å². The lowest BCUT2D eigenvalue weighted by molar-refractivity contribution is -0.0356. The van der Waals surface area contributed by atoms with Crippen molar-refractivity contribution < 1.29 is 15.3 Å². The largest absolute Gasteiger partial charge is 0.390 e. The molecular weight excluding hydrogens is 312 g/mol. The molecule has 0 radical (unpaired) electrons. The first-order valence-corrected chi connectivity index (χ1v) is 9.32. The Morgan fingerprint density at radius 3 is 1.96 bits per heavy atom. The lowest BCUT2D eigenvalue weighted by atomic mass is 9.71. The molecule has 0 fully saturated rings. The molecule has 0 aromatic carbocycles. The average Bonchev–Trinajstić information content (AvgIpc) is 2.63. The highest BCUT2D eigenvalue weighted by Crippen LogP contribution is 2.34. The van der Waals surface area contributed by atoms with E-state index < -0.39 is 18.3 Å². The van der Waals surface area contributed by atoms with Gasteiger partial charge < -0.3 is 15.3 Å². The predicted molar refractivity (Wildman–Crippen MR) is 104 cm³/mol. The van der Waals surface area contributed by atoms with E-state index in [1.54, 1.807) is 0 Å². The zero-order valence-corrected chi connectivity index (χ0v) is 16.7. The van der Waals surface area contributed by atoms with Crippen LogP contribution >= 0.6 is 0 Å². The molecule has 0 saturated carbocycles. The van der Waals surface area contributed by atoms with E-state index in [9.17, 15) is 15.3 Å². The van der Waals surface area contributed by atoms with Gasteiger partial charge in [-0.1, -0.05) is 72.5 Å². The summed E-state index contributed by atoms with van der Waals surface area (Å²) in [6.45, 7) is 16.5. The highest BCUT2D eigenvalue weighted by Gasteiger charge is 2.32. The van der Waals surface area contributed by atoms with Crippen molar-refractivity contribution in [2.24, 2.45) is 29.6 Å². The maximum absolute atomic E-state index is 10.5. The Labute approximate surface area is 154 Å². The minimum Gasteiger partial charge on any atom is -0.390 e. The zero-order chi connectivity index (χ0) is 19.6. The first-order chi connectivity index (χ1) is 11.7. The number of hydrogen-bond acceptors (Lipinski definition) is 3. The van der Waals surface area contributed by atoms with E-state index in [0.29, 0.717) is 23.7 Å². The monoisotopic (exact) mass is 348 g/mol. The van der Waals surface area contributed by atoms with Crippen molar-refractivity contribution >= 4 is 0 Å². The van der Waals surface area contributed by atoms with E-state index >= 15 is 0 Å². The Hall–Kier alpha value is -1.26. The van der Waals surface area contributed by atoms with Gasteiger partial charge in [-0.3, -0.25) is 0 Å². The molecular formula is C22H36O3. The van der Waals surface area contributed by atoms with E-state index in [2.05, 4.69) is 64.9 Å². The van der Waals surface area contributed by atoms with Gasteiger partial charge >= 0.3 is 0 Å². The SMILES string of the molecule is C=CC(O)C#CC#CCC(O)C(O)C(C)C(C)C(C)C(C)C(C)CC. The second-order valence-corrected chi connectivity index (χ2v) is 7.34. The number of aliphatic hydroxyl groups excluding tert-OH is 3. The molecule has 0 saturated heterocycles. The summed E-state index contributed by atoms with van der Waals surface area (Å²) < 4.78 is 0. The molecule has 0 aliphatic carbocycles. The van der Waals surface area contributed by atoms with Crippen molar-refractivity contribution in [3.8, 4) is 23.7 Å². The minimum absolute atomic E-state index is 0.0213. The molecule has 8 unspecified atom stereocenters. The Morgan fingerprint density at radius 2 is 1.44 bits per heavy atom. The minimum atomic E-state index is -0.901. The molecule has 0 rings (SSSR count). The third-order valence-electron chi connectivity index (χ3n) is 5.87. The summed E-state index contributed by atoms with van der Waals surface area (Å²) in [4.78, 5) is 0. The molecule has 25 heavy (non-hydrogen) atoms. The van der Waals surface area contributed by atoms with E-state index in [1.165, 1.54) is 6.08 Å². The molecule has 0 bridgehead atoms. The standard InChI is InChI=1S/C22H36O3/c1-8-15(3)16(4)17(5)18(6)19(7)22(25)21(24)14-12-10-11-13-20(23)9-2/h9,15-25H,2,8,14H2,1,3-7H3. The van der Waals surface area contributed by atoms with Gasteiger partial charge in [0.25, 0.3) is 0 Å². The van der Waals surface area contributed by atoms with Gasteiger partial charge in [0, 0.05) is 6.42 Å². The summed E-state index contributed by atoms with van der Waals surface area (Å²) in [5.74, 6) is 12.3. The van der Waals surface area contributed by atoms with Gasteiger partial charge in [0.15, 0.2) is 0 Å². The maximum Gasteiger partial charge on any atom is 0.134 e. The van der Waals surface area contributed by atoms with Crippen LogP contribution in [0.1, 0.15) is 54.4 Å². The van der Waals surface area contributed by atoms with Crippen molar-refractivity contribution in [2.45, 2.75) is 72.7 Å². The number of rotatable bonds is 9. The smallest absolute Gasteiger partial charge is 0.134 e. The first kappa shape index (κ1) is 23.7. The van der Waals surface area contributed by atoms with Gasteiger partial charge in [0.05, 0.1) is 12.2 Å². The van der Waals surface area contributed by atoms with Crippen LogP contribution in [0.2, 0.25) is 0 Å². The van der Waals surface area contributed by atoms with Gasteiger partial charge in [0.1, 0.15) is 6.10 Å². The summed E-state index contributed by atoms with van der Waals surface area (Å²) in [6.07, 6.45) is 0.0173. The highest BCUT2D eigenvalue weighted by molar-refractivity contribution is 5.28. The highest BCUT2D eigenvalue weighted by atomic mass is 16.3. The van der Waals surface area contributed by atoms with Crippen LogP contribution in [0.4, 0.5) is 0 Å². The van der Waals surface area contributed by atoms with E-state index in [0.717, 1.165) is 6.42 Å². The molecule has 0 aliphatic heterocycles. The van der Waals surface area contributed by atoms with Crippen molar-refractivity contribution in [1.82, 2.24) is 0 Å². The summed E-state index contributed by atoms with van der Waals surface area (Å²) in [5.41, 5.74) is 0. The molecule has 3 N–H and O–H groups in total. The lowest BCUT2D eigenvalue weighted by Gasteiger charge is -2.36. The topological polar surface area (TPSA) is 60.7 Å². The Balaban J connectivity index is 4.69.